The van der Waals surface area contributed by atoms with Crippen LogP contribution in [0.5, 0.6) is 0 Å². The summed E-state index contributed by atoms with van der Waals surface area (Å²) < 4.78 is 0. The van der Waals surface area contributed by atoms with Crippen molar-refractivity contribution in [1.82, 2.24) is 4.98 Å². The van der Waals surface area contributed by atoms with Gasteiger partial charge in [-0.3, -0.25) is 9.59 Å². The summed E-state index contributed by atoms with van der Waals surface area (Å²) in [6, 6.07) is 2.78. The van der Waals surface area contributed by atoms with Gasteiger partial charge in [0.05, 0.1) is 11.0 Å². The number of carboxylic acids is 1. The molecular formula is C15H16N2O4. The van der Waals surface area contributed by atoms with Gasteiger partial charge in [-0.15, -0.1) is 0 Å². The zero-order valence-corrected chi connectivity index (χ0v) is 11.5. The Labute approximate surface area is 121 Å². The maximum absolute atomic E-state index is 12.7. The van der Waals surface area contributed by atoms with E-state index in [-0.39, 0.29) is 29.6 Å². The summed E-state index contributed by atoms with van der Waals surface area (Å²) in [6.45, 7) is 0. The molecule has 0 atom stereocenters. The van der Waals surface area contributed by atoms with Gasteiger partial charge in [0.2, 0.25) is 11.8 Å². The lowest BCUT2D eigenvalue weighted by atomic mass is 9.73. The molecule has 0 unspecified atom stereocenters. The first-order chi connectivity index (χ1) is 10.0. The number of nitrogens with zero attached hydrogens (tertiary/aromatic N) is 2. The summed E-state index contributed by atoms with van der Waals surface area (Å²) in [5.41, 5.74) is -0.520. The Morgan fingerprint density at radius 3 is 2.48 bits per heavy atom. The van der Waals surface area contributed by atoms with E-state index in [1.807, 2.05) is 0 Å². The molecule has 2 amide bonds. The number of pyridine rings is 1. The van der Waals surface area contributed by atoms with Crippen molar-refractivity contribution in [3.8, 4) is 0 Å². The van der Waals surface area contributed by atoms with Gasteiger partial charge in [0.15, 0.2) is 0 Å². The Balaban J connectivity index is 1.90. The fraction of sp³-hybridized carbons (Fsp3) is 0.467. The van der Waals surface area contributed by atoms with Crippen molar-refractivity contribution in [2.45, 2.75) is 38.5 Å². The van der Waals surface area contributed by atoms with Gasteiger partial charge in [0, 0.05) is 12.6 Å². The molecule has 1 aliphatic heterocycles. The zero-order chi connectivity index (χ0) is 15.0. The first kappa shape index (κ1) is 13.7. The minimum absolute atomic E-state index is 0.0326. The second-order valence-corrected chi connectivity index (χ2v) is 5.76. The molecule has 1 aromatic rings. The van der Waals surface area contributed by atoms with Crippen LogP contribution in [0.3, 0.4) is 0 Å². The van der Waals surface area contributed by atoms with Crippen LogP contribution in [0.1, 0.15) is 48.9 Å². The van der Waals surface area contributed by atoms with E-state index in [4.69, 9.17) is 5.11 Å². The van der Waals surface area contributed by atoms with E-state index in [0.29, 0.717) is 0 Å². The Hall–Kier alpha value is -2.24. The Morgan fingerprint density at radius 1 is 1.19 bits per heavy atom. The molecule has 21 heavy (non-hydrogen) atoms. The number of carbonyl (C=O) groups excluding carboxylic acids is 2. The summed E-state index contributed by atoms with van der Waals surface area (Å²) in [6.07, 6.45) is 5.96. The number of carboxylic acid groups (broad SMARTS) is 1. The third kappa shape index (κ3) is 2.20. The molecule has 0 bridgehead atoms. The second-order valence-electron chi connectivity index (χ2n) is 5.76. The van der Waals surface area contributed by atoms with E-state index in [9.17, 15) is 14.4 Å². The standard InChI is InChI=1S/C15H16N2O4/c18-12-8-15(6-2-1-3-7-15)14(21)17(12)11-5-4-10(9-16-11)13(19)20/h4-5,9H,1-3,6-8H2,(H,19,20). The number of aromatic carboxylic acids is 1. The third-order valence-electron chi connectivity index (χ3n) is 4.43. The molecule has 1 aromatic heterocycles. The Bertz CT molecular complexity index is 603. The number of rotatable bonds is 2. The van der Waals surface area contributed by atoms with Crippen LogP contribution < -0.4 is 4.90 Å². The number of aromatic nitrogens is 1. The number of hydrogen-bond acceptors (Lipinski definition) is 4. The van der Waals surface area contributed by atoms with Crippen molar-refractivity contribution in [2.75, 3.05) is 4.90 Å². The molecule has 1 aliphatic carbocycles. The number of carbonyl (C=O) groups is 3. The molecule has 1 spiro atoms. The predicted molar refractivity (Wildman–Crippen MR) is 73.8 cm³/mol. The monoisotopic (exact) mass is 288 g/mol. The highest BCUT2D eigenvalue weighted by Crippen LogP contribution is 2.46. The molecule has 2 heterocycles. The van der Waals surface area contributed by atoms with E-state index in [0.717, 1.165) is 37.0 Å². The minimum Gasteiger partial charge on any atom is -0.478 e. The average molecular weight is 288 g/mol. The summed E-state index contributed by atoms with van der Waals surface area (Å²) in [4.78, 5) is 40.8. The zero-order valence-electron chi connectivity index (χ0n) is 11.5. The van der Waals surface area contributed by atoms with E-state index < -0.39 is 11.4 Å². The molecule has 0 radical (unpaired) electrons. The molecule has 2 fully saturated rings. The van der Waals surface area contributed by atoms with E-state index in [2.05, 4.69) is 4.98 Å². The fourth-order valence-electron chi connectivity index (χ4n) is 3.29. The van der Waals surface area contributed by atoms with E-state index in [1.165, 1.54) is 18.3 Å². The van der Waals surface area contributed by atoms with Gasteiger partial charge in [0.1, 0.15) is 5.82 Å². The largest absolute Gasteiger partial charge is 0.478 e. The van der Waals surface area contributed by atoms with Gasteiger partial charge in [0.25, 0.3) is 0 Å². The van der Waals surface area contributed by atoms with Crippen molar-refractivity contribution in [2.24, 2.45) is 5.41 Å². The molecule has 6 heteroatoms. The maximum atomic E-state index is 12.7. The molecule has 0 aromatic carbocycles. The lowest BCUT2D eigenvalue weighted by Gasteiger charge is -2.30. The summed E-state index contributed by atoms with van der Waals surface area (Å²) in [5.74, 6) is -1.28. The van der Waals surface area contributed by atoms with Crippen LogP contribution in [-0.2, 0) is 9.59 Å². The van der Waals surface area contributed by atoms with Gasteiger partial charge >= 0.3 is 5.97 Å². The lowest BCUT2D eigenvalue weighted by molar-refractivity contribution is -0.127. The number of imide groups is 1. The topological polar surface area (TPSA) is 87.6 Å². The molecule has 3 rings (SSSR count). The van der Waals surface area contributed by atoms with Gasteiger partial charge in [-0.05, 0) is 25.0 Å². The summed E-state index contributed by atoms with van der Waals surface area (Å²) in [5, 5.41) is 8.86. The Morgan fingerprint density at radius 2 is 1.90 bits per heavy atom. The van der Waals surface area contributed by atoms with Crippen molar-refractivity contribution in [3.05, 3.63) is 23.9 Å². The molecular weight excluding hydrogens is 272 g/mol. The average Bonchev–Trinajstić information content (AvgIpc) is 2.71. The molecule has 110 valence electrons. The molecule has 1 saturated carbocycles. The van der Waals surface area contributed by atoms with Crippen LogP contribution >= 0.6 is 0 Å². The number of anilines is 1. The minimum atomic E-state index is -1.09. The summed E-state index contributed by atoms with van der Waals surface area (Å²) >= 11 is 0. The smallest absolute Gasteiger partial charge is 0.337 e. The molecule has 2 aliphatic rings. The second kappa shape index (κ2) is 4.95. The van der Waals surface area contributed by atoms with Gasteiger partial charge < -0.3 is 5.11 Å². The highest BCUT2D eigenvalue weighted by molar-refractivity contribution is 6.22. The van der Waals surface area contributed by atoms with Gasteiger partial charge in [-0.25, -0.2) is 14.7 Å². The van der Waals surface area contributed by atoms with E-state index >= 15 is 0 Å². The fourth-order valence-corrected chi connectivity index (χ4v) is 3.29. The van der Waals surface area contributed by atoms with Crippen molar-refractivity contribution < 1.29 is 19.5 Å². The van der Waals surface area contributed by atoms with Crippen LogP contribution in [0, 0.1) is 5.41 Å². The quantitative estimate of drug-likeness (QED) is 0.841. The number of hydrogen-bond donors (Lipinski definition) is 1. The molecule has 1 saturated heterocycles. The highest BCUT2D eigenvalue weighted by Gasteiger charge is 2.52. The van der Waals surface area contributed by atoms with Crippen molar-refractivity contribution in [3.63, 3.8) is 0 Å². The lowest BCUT2D eigenvalue weighted by Crippen LogP contribution is -2.37. The highest BCUT2D eigenvalue weighted by atomic mass is 16.4. The first-order valence-electron chi connectivity index (χ1n) is 7.10. The van der Waals surface area contributed by atoms with Crippen molar-refractivity contribution in [1.29, 1.82) is 0 Å². The van der Waals surface area contributed by atoms with Gasteiger partial charge in [-0.1, -0.05) is 19.3 Å². The van der Waals surface area contributed by atoms with E-state index in [1.54, 1.807) is 0 Å². The van der Waals surface area contributed by atoms with Crippen LogP contribution in [0.15, 0.2) is 18.3 Å². The van der Waals surface area contributed by atoms with Crippen LogP contribution in [0.25, 0.3) is 0 Å². The number of amides is 2. The maximum Gasteiger partial charge on any atom is 0.337 e. The predicted octanol–water partition coefficient (Wildman–Crippen LogP) is 1.99. The van der Waals surface area contributed by atoms with Crippen LogP contribution in [0.2, 0.25) is 0 Å². The molecule has 1 N–H and O–H groups in total. The van der Waals surface area contributed by atoms with Crippen LogP contribution in [0.4, 0.5) is 5.82 Å². The molecule has 6 nitrogen and oxygen atoms in total. The SMILES string of the molecule is O=C(O)c1ccc(N2C(=O)CC3(CCCCC3)C2=O)nc1. The first-order valence-corrected chi connectivity index (χ1v) is 7.10. The summed E-state index contributed by atoms with van der Waals surface area (Å²) in [7, 11) is 0. The van der Waals surface area contributed by atoms with Crippen LogP contribution in [-0.4, -0.2) is 27.9 Å². The third-order valence-corrected chi connectivity index (χ3v) is 4.43. The van der Waals surface area contributed by atoms with Crippen molar-refractivity contribution >= 4 is 23.6 Å². The normalized spacial score (nSPS) is 21.0. The van der Waals surface area contributed by atoms with Gasteiger partial charge in [-0.2, -0.15) is 0 Å². The Kier molecular flexibility index (Phi) is 3.23.